The zero-order chi connectivity index (χ0) is 21.1. The van der Waals surface area contributed by atoms with Gasteiger partial charge in [0.05, 0.1) is 0 Å². The fraction of sp³-hybridized carbons (Fsp3) is 0.478. The first-order valence-electron chi connectivity index (χ1n) is 9.73. The van der Waals surface area contributed by atoms with Gasteiger partial charge in [-0.1, -0.05) is 0 Å². The predicted octanol–water partition coefficient (Wildman–Crippen LogP) is 3.65. The summed E-state index contributed by atoms with van der Waals surface area (Å²) in [7, 11) is 5.12. The van der Waals surface area contributed by atoms with Crippen LogP contribution in [0.2, 0.25) is 5.32 Å². The van der Waals surface area contributed by atoms with Crippen LogP contribution in [0.3, 0.4) is 0 Å². The monoisotopic (exact) mass is 468 g/mol. The average molecular weight is 467 g/mol. The van der Waals surface area contributed by atoms with Crippen LogP contribution >= 0.6 is 0 Å². The van der Waals surface area contributed by atoms with Gasteiger partial charge in [0.15, 0.2) is 0 Å². The van der Waals surface area contributed by atoms with Crippen LogP contribution < -0.4 is 13.9 Å². The molecule has 0 aliphatic carbocycles. The van der Waals surface area contributed by atoms with Crippen molar-refractivity contribution in [2.45, 2.75) is 37.5 Å². The molecule has 29 heavy (non-hydrogen) atoms. The van der Waals surface area contributed by atoms with Crippen LogP contribution in [0.25, 0.3) is 0 Å². The molecule has 6 heteroatoms. The van der Waals surface area contributed by atoms with Crippen LogP contribution in [0.1, 0.15) is 25.5 Å². The SMILES string of the molecule is COC[C@@H](C)Oc1cccc(O[C@H](C)COC)c1[Se]CC(OC)c1ccccc1. The van der Waals surface area contributed by atoms with Crippen LogP contribution in [0.15, 0.2) is 48.5 Å². The van der Waals surface area contributed by atoms with Gasteiger partial charge in [-0.05, 0) is 0 Å². The topological polar surface area (TPSA) is 46.2 Å². The molecule has 0 fully saturated rings. The molecular formula is C23H32O5Se. The summed E-state index contributed by atoms with van der Waals surface area (Å²) in [5.74, 6) is 1.69. The van der Waals surface area contributed by atoms with E-state index in [1.165, 1.54) is 5.56 Å². The second kappa shape index (κ2) is 12.9. The Morgan fingerprint density at radius 1 is 0.759 bits per heavy atom. The first-order valence-corrected chi connectivity index (χ1v) is 11.8. The molecule has 0 aliphatic rings. The van der Waals surface area contributed by atoms with Crippen molar-refractivity contribution in [2.75, 3.05) is 34.5 Å². The predicted molar refractivity (Wildman–Crippen MR) is 117 cm³/mol. The third kappa shape index (κ3) is 7.65. The first kappa shape index (κ1) is 23.7. The van der Waals surface area contributed by atoms with E-state index in [4.69, 9.17) is 23.7 Å². The fourth-order valence-corrected chi connectivity index (χ4v) is 5.36. The number of hydrogen-bond acceptors (Lipinski definition) is 5. The van der Waals surface area contributed by atoms with Gasteiger partial charge < -0.3 is 0 Å². The van der Waals surface area contributed by atoms with E-state index in [1.807, 2.05) is 50.2 Å². The molecular weight excluding hydrogens is 435 g/mol. The van der Waals surface area contributed by atoms with Crippen molar-refractivity contribution in [3.05, 3.63) is 54.1 Å². The van der Waals surface area contributed by atoms with Crippen LogP contribution in [0.4, 0.5) is 0 Å². The van der Waals surface area contributed by atoms with Crippen molar-refractivity contribution in [3.63, 3.8) is 0 Å². The van der Waals surface area contributed by atoms with Crippen molar-refractivity contribution in [1.29, 1.82) is 0 Å². The average Bonchev–Trinajstić information content (AvgIpc) is 2.71. The molecule has 0 N–H and O–H groups in total. The molecule has 3 atom stereocenters. The Hall–Kier alpha value is -1.56. The van der Waals surface area contributed by atoms with Crippen molar-refractivity contribution in [3.8, 4) is 11.5 Å². The van der Waals surface area contributed by atoms with Crippen molar-refractivity contribution in [1.82, 2.24) is 0 Å². The molecule has 0 radical (unpaired) electrons. The maximum atomic E-state index is 6.18. The van der Waals surface area contributed by atoms with Crippen molar-refractivity contribution < 1.29 is 23.7 Å². The number of hydrogen-bond donors (Lipinski definition) is 0. The van der Waals surface area contributed by atoms with E-state index in [9.17, 15) is 0 Å². The fourth-order valence-electron chi connectivity index (χ4n) is 2.92. The molecule has 2 rings (SSSR count). The van der Waals surface area contributed by atoms with Gasteiger partial charge in [0.1, 0.15) is 0 Å². The molecule has 0 spiro atoms. The Morgan fingerprint density at radius 3 is 1.79 bits per heavy atom. The summed E-state index contributed by atoms with van der Waals surface area (Å²) in [6.45, 7) is 5.07. The van der Waals surface area contributed by atoms with Crippen LogP contribution in [-0.4, -0.2) is 61.7 Å². The Bertz CT molecular complexity index is 677. The minimum absolute atomic E-state index is 0.0323. The Kier molecular flexibility index (Phi) is 10.5. The third-order valence-corrected chi connectivity index (χ3v) is 6.67. The van der Waals surface area contributed by atoms with Gasteiger partial charge in [-0.2, -0.15) is 0 Å². The van der Waals surface area contributed by atoms with Gasteiger partial charge >= 0.3 is 181 Å². The summed E-state index contributed by atoms with van der Waals surface area (Å²) < 4.78 is 29.7. The summed E-state index contributed by atoms with van der Waals surface area (Å²) in [5.41, 5.74) is 1.18. The zero-order valence-corrected chi connectivity index (χ0v) is 19.6. The molecule has 0 saturated carbocycles. The van der Waals surface area contributed by atoms with E-state index in [2.05, 4.69) is 12.1 Å². The van der Waals surface area contributed by atoms with Gasteiger partial charge in [0, 0.05) is 0 Å². The van der Waals surface area contributed by atoms with Crippen LogP contribution in [0.5, 0.6) is 11.5 Å². The second-order valence-electron chi connectivity index (χ2n) is 6.80. The summed E-state index contributed by atoms with van der Waals surface area (Å²) in [4.78, 5) is 0. The summed E-state index contributed by atoms with van der Waals surface area (Å²) in [6, 6.07) is 16.3. The van der Waals surface area contributed by atoms with E-state index < -0.39 is 0 Å². The first-order chi connectivity index (χ1) is 14.1. The molecule has 2 aromatic rings. The van der Waals surface area contributed by atoms with Gasteiger partial charge in [-0.3, -0.25) is 0 Å². The standard InChI is InChI=1S/C23H32O5Se/c1-17(14-24-3)27-20-12-9-13-21(28-18(2)15-25-4)23(20)29-16-22(26-5)19-10-7-6-8-11-19/h6-13,17-18,22H,14-16H2,1-5H3/t17-,18-,22?/m1/s1. The van der Waals surface area contributed by atoms with Gasteiger partial charge in [0.25, 0.3) is 0 Å². The molecule has 160 valence electrons. The van der Waals surface area contributed by atoms with Crippen molar-refractivity contribution in [2.24, 2.45) is 0 Å². The van der Waals surface area contributed by atoms with Crippen LogP contribution in [-0.2, 0) is 14.2 Å². The number of methoxy groups -OCH3 is 3. The minimum atomic E-state index is -0.0476. The molecule has 0 heterocycles. The van der Waals surface area contributed by atoms with Gasteiger partial charge in [0.2, 0.25) is 0 Å². The molecule has 0 amide bonds. The normalized spacial score (nSPS) is 14.2. The Labute approximate surface area is 180 Å². The van der Waals surface area contributed by atoms with E-state index in [0.29, 0.717) is 13.2 Å². The summed E-state index contributed by atoms with van der Waals surface area (Å²) >= 11 is 0.0853. The Balaban J connectivity index is 2.24. The molecule has 1 unspecified atom stereocenters. The number of benzene rings is 2. The van der Waals surface area contributed by atoms with E-state index >= 15 is 0 Å². The number of ether oxygens (including phenoxy) is 5. The van der Waals surface area contributed by atoms with E-state index in [0.717, 1.165) is 21.3 Å². The summed E-state index contributed by atoms with van der Waals surface area (Å²) in [6.07, 6.45) is -0.0630. The molecule has 0 aliphatic heterocycles. The van der Waals surface area contributed by atoms with Gasteiger partial charge in [-0.15, -0.1) is 0 Å². The molecule has 0 bridgehead atoms. The van der Waals surface area contributed by atoms with Crippen molar-refractivity contribution >= 4 is 19.4 Å². The van der Waals surface area contributed by atoms with Gasteiger partial charge in [-0.25, -0.2) is 0 Å². The maximum absolute atomic E-state index is 6.18. The second-order valence-corrected chi connectivity index (χ2v) is 8.96. The van der Waals surface area contributed by atoms with E-state index in [-0.39, 0.29) is 33.3 Å². The Morgan fingerprint density at radius 2 is 1.31 bits per heavy atom. The van der Waals surface area contributed by atoms with Crippen LogP contribution in [0, 0.1) is 0 Å². The molecule has 2 aromatic carbocycles. The summed E-state index contributed by atoms with van der Waals surface area (Å²) in [5, 5.41) is 0.877. The zero-order valence-electron chi connectivity index (χ0n) is 17.9. The molecule has 0 aromatic heterocycles. The quantitative estimate of drug-likeness (QED) is 0.421. The van der Waals surface area contributed by atoms with E-state index in [1.54, 1.807) is 21.3 Å². The molecule has 5 nitrogen and oxygen atoms in total. The third-order valence-electron chi connectivity index (χ3n) is 4.24. The molecule has 0 saturated heterocycles. The number of rotatable bonds is 13.